The molecule has 154 valence electrons. The molecule has 0 bridgehead atoms. The molecule has 0 spiro atoms. The first-order chi connectivity index (χ1) is 14.5. The van der Waals surface area contributed by atoms with Gasteiger partial charge >= 0.3 is 11.3 Å². The maximum Gasteiger partial charge on any atom is 0.325 e. The zero-order chi connectivity index (χ0) is 21.3. The summed E-state index contributed by atoms with van der Waals surface area (Å²) in [4.78, 5) is 30.4. The molecule has 4 rings (SSSR count). The number of para-hydroxylation sites is 1. The first kappa shape index (κ1) is 20.2. The van der Waals surface area contributed by atoms with Gasteiger partial charge in [-0.05, 0) is 53.8 Å². The minimum Gasteiger partial charge on any atom is -0.494 e. The Hall–Kier alpha value is -3.13. The summed E-state index contributed by atoms with van der Waals surface area (Å²) >= 11 is 1.45. The van der Waals surface area contributed by atoms with Crippen molar-refractivity contribution in [2.45, 2.75) is 32.1 Å². The predicted octanol–water partition coefficient (Wildman–Crippen LogP) is 3.15. The number of aromatic nitrogens is 3. The molecule has 1 aromatic heterocycles. The molecule has 0 aliphatic carbocycles. The number of carbonyl (C=O) groups excluding carboxylic acids is 1. The highest BCUT2D eigenvalue weighted by molar-refractivity contribution is 7.99. The molecule has 3 aromatic rings. The SMILES string of the molecule is CCOc1ccc(C2N(C(C)=O)c3ccccc3-c3c(=O)[nH]c(SCC)n[n+]32)cc1. The Kier molecular flexibility index (Phi) is 5.59. The number of benzene rings is 2. The van der Waals surface area contributed by atoms with Crippen molar-refractivity contribution in [2.24, 2.45) is 0 Å². The van der Waals surface area contributed by atoms with Gasteiger partial charge in [0.05, 0.1) is 17.9 Å². The van der Waals surface area contributed by atoms with Crippen LogP contribution >= 0.6 is 11.8 Å². The molecule has 1 amide bonds. The van der Waals surface area contributed by atoms with Crippen molar-refractivity contribution in [2.75, 3.05) is 17.3 Å². The summed E-state index contributed by atoms with van der Waals surface area (Å²) in [5.41, 5.74) is 2.40. The number of nitrogens with one attached hydrogen (secondary N) is 1. The molecule has 2 heterocycles. The molecule has 0 radical (unpaired) electrons. The summed E-state index contributed by atoms with van der Waals surface area (Å²) < 4.78 is 7.22. The van der Waals surface area contributed by atoms with Gasteiger partial charge in [-0.3, -0.25) is 14.6 Å². The number of nitrogens with zero attached hydrogens (tertiary/aromatic N) is 3. The lowest BCUT2D eigenvalue weighted by Crippen LogP contribution is -2.60. The molecule has 0 saturated heterocycles. The number of rotatable bonds is 5. The average molecular weight is 424 g/mol. The number of thioether (sulfide) groups is 1. The second-order valence-corrected chi connectivity index (χ2v) is 8.02. The molecule has 1 N–H and O–H groups in total. The third kappa shape index (κ3) is 3.47. The standard InChI is InChI=1S/C22H22N4O3S/c1-4-29-16-12-10-15(11-13-16)21-25(14(3)27)18-9-7-6-8-17(18)19-20(28)23-22(30-5-2)24-26(19)21/h6-13,21H,4-5H2,1-3H3/p+1. The van der Waals surface area contributed by atoms with Crippen LogP contribution in [0.15, 0.2) is 58.5 Å². The number of ether oxygens (including phenoxy) is 1. The third-order valence-corrected chi connectivity index (χ3v) is 5.61. The van der Waals surface area contributed by atoms with Crippen molar-refractivity contribution in [1.82, 2.24) is 10.1 Å². The van der Waals surface area contributed by atoms with Gasteiger partial charge in [-0.25, -0.2) is 4.90 Å². The van der Waals surface area contributed by atoms with E-state index in [0.29, 0.717) is 28.7 Å². The maximum absolute atomic E-state index is 13.1. The van der Waals surface area contributed by atoms with Crippen LogP contribution in [-0.2, 0) is 4.79 Å². The Balaban J connectivity index is 1.98. The minimum absolute atomic E-state index is 0.133. The summed E-state index contributed by atoms with van der Waals surface area (Å²) in [5, 5.41) is 5.23. The molecule has 1 atom stereocenters. The van der Waals surface area contributed by atoms with Crippen LogP contribution in [0.3, 0.4) is 0 Å². The van der Waals surface area contributed by atoms with Gasteiger partial charge < -0.3 is 4.74 Å². The monoisotopic (exact) mass is 423 g/mol. The number of H-pyrrole nitrogens is 1. The fraction of sp³-hybridized carbons (Fsp3) is 0.273. The fourth-order valence-corrected chi connectivity index (χ4v) is 4.30. The van der Waals surface area contributed by atoms with Gasteiger partial charge in [0.1, 0.15) is 5.75 Å². The number of carbonyl (C=O) groups is 1. The molecular weight excluding hydrogens is 400 g/mol. The highest BCUT2D eigenvalue weighted by atomic mass is 32.2. The molecule has 1 aliphatic rings. The summed E-state index contributed by atoms with van der Waals surface area (Å²) in [6, 6.07) is 15.0. The van der Waals surface area contributed by atoms with Crippen LogP contribution in [-0.4, -0.2) is 28.3 Å². The zero-order valence-electron chi connectivity index (χ0n) is 17.1. The lowest BCUT2D eigenvalue weighted by molar-refractivity contribution is -0.763. The summed E-state index contributed by atoms with van der Waals surface area (Å²) in [7, 11) is 0. The van der Waals surface area contributed by atoms with Crippen LogP contribution in [0, 0.1) is 0 Å². The normalized spacial score (nSPS) is 14.8. The molecule has 30 heavy (non-hydrogen) atoms. The molecule has 1 aliphatic heterocycles. The van der Waals surface area contributed by atoms with Crippen molar-refractivity contribution in [1.29, 1.82) is 0 Å². The van der Waals surface area contributed by atoms with Gasteiger partial charge in [0, 0.05) is 17.6 Å². The van der Waals surface area contributed by atoms with Crippen LogP contribution < -0.4 is 19.9 Å². The Morgan fingerprint density at radius 2 is 1.93 bits per heavy atom. The second-order valence-electron chi connectivity index (χ2n) is 6.77. The maximum atomic E-state index is 13.1. The van der Waals surface area contributed by atoms with Gasteiger partial charge in [0.15, 0.2) is 0 Å². The first-order valence-electron chi connectivity index (χ1n) is 9.86. The van der Waals surface area contributed by atoms with Crippen LogP contribution in [0.2, 0.25) is 0 Å². The largest absolute Gasteiger partial charge is 0.494 e. The quantitative estimate of drug-likeness (QED) is 0.504. The Bertz CT molecular complexity index is 1140. The van der Waals surface area contributed by atoms with E-state index in [1.165, 1.54) is 18.7 Å². The van der Waals surface area contributed by atoms with Gasteiger partial charge in [0.2, 0.25) is 11.1 Å². The Morgan fingerprint density at radius 1 is 1.20 bits per heavy atom. The highest BCUT2D eigenvalue weighted by Crippen LogP contribution is 2.37. The number of hydrogen-bond acceptors (Lipinski definition) is 5. The van der Waals surface area contributed by atoms with Gasteiger partial charge in [-0.15, -0.1) is 0 Å². The van der Waals surface area contributed by atoms with Gasteiger partial charge in [-0.2, -0.15) is 0 Å². The van der Waals surface area contributed by atoms with Crippen LogP contribution in [0.4, 0.5) is 5.69 Å². The average Bonchev–Trinajstić information content (AvgIpc) is 2.73. The Labute approximate surface area is 178 Å². The van der Waals surface area contributed by atoms with Crippen LogP contribution in [0.1, 0.15) is 32.5 Å². The fourth-order valence-electron chi connectivity index (χ4n) is 3.72. The summed E-state index contributed by atoms with van der Waals surface area (Å²) in [5.74, 6) is 1.38. The smallest absolute Gasteiger partial charge is 0.325 e. The number of aromatic amines is 1. The van der Waals surface area contributed by atoms with Gasteiger partial charge in [0.25, 0.3) is 6.17 Å². The third-order valence-electron chi connectivity index (χ3n) is 4.87. The molecule has 7 nitrogen and oxygen atoms in total. The number of hydrogen-bond donors (Lipinski definition) is 1. The Morgan fingerprint density at radius 3 is 2.60 bits per heavy atom. The van der Waals surface area contributed by atoms with E-state index in [4.69, 9.17) is 9.84 Å². The van der Waals surface area contributed by atoms with Crippen molar-refractivity contribution >= 4 is 23.4 Å². The predicted molar refractivity (Wildman–Crippen MR) is 116 cm³/mol. The number of amides is 1. The van der Waals surface area contributed by atoms with Crippen molar-refractivity contribution in [3.63, 3.8) is 0 Å². The van der Waals surface area contributed by atoms with E-state index < -0.39 is 6.17 Å². The van der Waals surface area contributed by atoms with Crippen LogP contribution in [0.25, 0.3) is 11.3 Å². The minimum atomic E-state index is -0.582. The number of anilines is 1. The van der Waals surface area contributed by atoms with Crippen LogP contribution in [0.5, 0.6) is 5.75 Å². The van der Waals surface area contributed by atoms with Crippen molar-refractivity contribution < 1.29 is 14.2 Å². The van der Waals surface area contributed by atoms with E-state index in [1.807, 2.05) is 62.4 Å². The molecular formula is C22H23N4O3S+. The molecule has 1 unspecified atom stereocenters. The summed E-state index contributed by atoms with van der Waals surface area (Å²) in [6.45, 7) is 6.02. The van der Waals surface area contributed by atoms with Crippen molar-refractivity contribution in [3.05, 3.63) is 64.4 Å². The lowest BCUT2D eigenvalue weighted by atomic mass is 10.0. The van der Waals surface area contributed by atoms with E-state index in [9.17, 15) is 9.59 Å². The van der Waals surface area contributed by atoms with E-state index in [0.717, 1.165) is 17.1 Å². The van der Waals surface area contributed by atoms with E-state index in [1.54, 1.807) is 9.58 Å². The van der Waals surface area contributed by atoms with Crippen molar-refractivity contribution in [3.8, 4) is 17.0 Å². The molecule has 0 fully saturated rings. The number of fused-ring (bicyclic) bond motifs is 3. The topological polar surface area (TPSA) is 79.2 Å². The van der Waals surface area contributed by atoms with E-state index in [-0.39, 0.29) is 11.5 Å². The van der Waals surface area contributed by atoms with E-state index in [2.05, 4.69) is 4.98 Å². The zero-order valence-corrected chi connectivity index (χ0v) is 17.9. The van der Waals surface area contributed by atoms with Gasteiger partial charge in [-0.1, -0.05) is 30.8 Å². The van der Waals surface area contributed by atoms with E-state index >= 15 is 0 Å². The molecule has 8 heteroatoms. The molecule has 2 aromatic carbocycles. The molecule has 0 saturated carbocycles. The second kappa shape index (κ2) is 8.31. The lowest BCUT2D eigenvalue weighted by Gasteiger charge is -2.31. The highest BCUT2D eigenvalue weighted by Gasteiger charge is 2.44. The first-order valence-corrected chi connectivity index (χ1v) is 10.8. The summed E-state index contributed by atoms with van der Waals surface area (Å²) in [6.07, 6.45) is -0.582.